The minimum absolute atomic E-state index is 0.302. The predicted molar refractivity (Wildman–Crippen MR) is 70.5 cm³/mol. The topological polar surface area (TPSA) is 56.5 Å². The van der Waals surface area contributed by atoms with Crippen LogP contribution in [-0.2, 0) is 4.74 Å². The molecule has 0 aliphatic carbocycles. The molecule has 0 bridgehead atoms. The molecule has 96 valence electrons. The van der Waals surface area contributed by atoms with Gasteiger partial charge >= 0.3 is 5.97 Å². The number of imidazole rings is 1. The highest BCUT2D eigenvalue weighted by atomic mass is 35.5. The minimum atomic E-state index is -0.429. The Balaban J connectivity index is 2.66. The SMILES string of the molecule is CCOC(=O)c1nc2cc(Cl)nc(SC)n2c1C. The van der Waals surface area contributed by atoms with Gasteiger partial charge in [0.15, 0.2) is 10.9 Å². The summed E-state index contributed by atoms with van der Waals surface area (Å²) in [7, 11) is 0. The van der Waals surface area contributed by atoms with Gasteiger partial charge in [0.05, 0.1) is 12.3 Å². The molecule has 0 spiro atoms. The highest BCUT2D eigenvalue weighted by Gasteiger charge is 2.19. The summed E-state index contributed by atoms with van der Waals surface area (Å²) >= 11 is 7.35. The molecular weight excluding hydrogens is 274 g/mol. The third-order valence-corrected chi connectivity index (χ3v) is 3.26. The number of nitrogens with zero attached hydrogens (tertiary/aromatic N) is 3. The van der Waals surface area contributed by atoms with Crippen LogP contribution in [0.4, 0.5) is 0 Å². The number of esters is 1. The van der Waals surface area contributed by atoms with Crippen LogP contribution in [0.2, 0.25) is 5.15 Å². The van der Waals surface area contributed by atoms with Gasteiger partial charge in [-0.15, -0.1) is 0 Å². The third kappa shape index (κ3) is 2.18. The van der Waals surface area contributed by atoms with E-state index < -0.39 is 5.97 Å². The molecule has 2 heterocycles. The number of rotatable bonds is 3. The monoisotopic (exact) mass is 285 g/mol. The van der Waals surface area contributed by atoms with E-state index in [1.54, 1.807) is 17.4 Å². The normalized spacial score (nSPS) is 10.9. The molecule has 2 aromatic rings. The Morgan fingerprint density at radius 1 is 1.56 bits per heavy atom. The fourth-order valence-corrected chi connectivity index (χ4v) is 2.50. The average molecular weight is 286 g/mol. The second-order valence-corrected chi connectivity index (χ2v) is 4.69. The summed E-state index contributed by atoms with van der Waals surface area (Å²) in [6, 6.07) is 1.62. The van der Waals surface area contributed by atoms with Crippen molar-refractivity contribution < 1.29 is 9.53 Å². The number of aryl methyl sites for hydroxylation is 1. The van der Waals surface area contributed by atoms with Crippen molar-refractivity contribution in [3.8, 4) is 0 Å². The van der Waals surface area contributed by atoms with Crippen LogP contribution in [0.25, 0.3) is 5.65 Å². The molecule has 0 saturated heterocycles. The van der Waals surface area contributed by atoms with Gasteiger partial charge in [0.25, 0.3) is 0 Å². The van der Waals surface area contributed by atoms with Crippen LogP contribution in [-0.4, -0.2) is 33.2 Å². The first-order valence-electron chi connectivity index (χ1n) is 5.35. The highest BCUT2D eigenvalue weighted by molar-refractivity contribution is 7.98. The molecule has 0 radical (unpaired) electrons. The molecule has 0 aliphatic rings. The largest absolute Gasteiger partial charge is 0.461 e. The van der Waals surface area contributed by atoms with Crippen LogP contribution >= 0.6 is 23.4 Å². The van der Waals surface area contributed by atoms with Gasteiger partial charge in [-0.05, 0) is 20.1 Å². The second kappa shape index (κ2) is 5.16. The number of halogens is 1. The summed E-state index contributed by atoms with van der Waals surface area (Å²) in [5.41, 5.74) is 1.60. The van der Waals surface area contributed by atoms with Crippen molar-refractivity contribution in [3.63, 3.8) is 0 Å². The summed E-state index contributed by atoms with van der Waals surface area (Å²) in [6.45, 7) is 3.89. The maximum atomic E-state index is 11.8. The summed E-state index contributed by atoms with van der Waals surface area (Å²) < 4.78 is 6.76. The van der Waals surface area contributed by atoms with Gasteiger partial charge in [0, 0.05) is 6.07 Å². The Morgan fingerprint density at radius 3 is 2.89 bits per heavy atom. The zero-order valence-corrected chi connectivity index (χ0v) is 11.8. The van der Waals surface area contributed by atoms with Crippen LogP contribution in [0.3, 0.4) is 0 Å². The van der Waals surface area contributed by atoms with Gasteiger partial charge < -0.3 is 4.74 Å². The fourth-order valence-electron chi connectivity index (χ4n) is 1.67. The zero-order chi connectivity index (χ0) is 13.3. The van der Waals surface area contributed by atoms with Gasteiger partial charge in [-0.1, -0.05) is 23.4 Å². The van der Waals surface area contributed by atoms with Crippen molar-refractivity contribution in [2.45, 2.75) is 19.0 Å². The number of fused-ring (bicyclic) bond motifs is 1. The van der Waals surface area contributed by atoms with Crippen LogP contribution in [0.15, 0.2) is 11.2 Å². The summed E-state index contributed by atoms with van der Waals surface area (Å²) in [4.78, 5) is 20.2. The average Bonchev–Trinajstić information content (AvgIpc) is 2.66. The molecule has 0 aliphatic heterocycles. The summed E-state index contributed by atoms with van der Waals surface area (Å²) in [5, 5.41) is 1.05. The van der Waals surface area contributed by atoms with E-state index in [1.165, 1.54) is 11.8 Å². The number of aromatic nitrogens is 3. The molecule has 0 fully saturated rings. The highest BCUT2D eigenvalue weighted by Crippen LogP contribution is 2.22. The Morgan fingerprint density at radius 2 is 2.28 bits per heavy atom. The van der Waals surface area contributed by atoms with E-state index in [-0.39, 0.29) is 0 Å². The maximum Gasteiger partial charge on any atom is 0.358 e. The van der Waals surface area contributed by atoms with Crippen LogP contribution < -0.4 is 0 Å². The van der Waals surface area contributed by atoms with E-state index in [2.05, 4.69) is 9.97 Å². The molecule has 7 heteroatoms. The molecule has 2 rings (SSSR count). The summed E-state index contributed by atoms with van der Waals surface area (Å²) in [5.74, 6) is -0.429. The van der Waals surface area contributed by atoms with Gasteiger partial charge in [0.1, 0.15) is 10.8 Å². The smallest absolute Gasteiger partial charge is 0.358 e. The lowest BCUT2D eigenvalue weighted by Crippen LogP contribution is -2.07. The van der Waals surface area contributed by atoms with Gasteiger partial charge in [-0.2, -0.15) is 0 Å². The maximum absolute atomic E-state index is 11.8. The van der Waals surface area contributed by atoms with Gasteiger partial charge in [-0.25, -0.2) is 14.8 Å². The lowest BCUT2D eigenvalue weighted by atomic mass is 10.3. The van der Waals surface area contributed by atoms with Crippen LogP contribution in [0, 0.1) is 6.92 Å². The molecule has 5 nitrogen and oxygen atoms in total. The van der Waals surface area contributed by atoms with E-state index in [4.69, 9.17) is 16.3 Å². The fraction of sp³-hybridized carbons (Fsp3) is 0.364. The first-order chi connectivity index (χ1) is 8.58. The van der Waals surface area contributed by atoms with Gasteiger partial charge in [0.2, 0.25) is 0 Å². The first kappa shape index (κ1) is 13.2. The van der Waals surface area contributed by atoms with Crippen molar-refractivity contribution in [1.82, 2.24) is 14.4 Å². The summed E-state index contributed by atoms with van der Waals surface area (Å²) in [6.07, 6.45) is 1.89. The van der Waals surface area contributed by atoms with Crippen LogP contribution in [0.1, 0.15) is 23.1 Å². The van der Waals surface area contributed by atoms with E-state index in [9.17, 15) is 4.79 Å². The van der Waals surface area contributed by atoms with E-state index in [1.807, 2.05) is 13.2 Å². The number of hydrogen-bond donors (Lipinski definition) is 0. The van der Waals surface area contributed by atoms with Crippen molar-refractivity contribution >= 4 is 35.0 Å². The van der Waals surface area contributed by atoms with Crippen LogP contribution in [0.5, 0.6) is 0 Å². The minimum Gasteiger partial charge on any atom is -0.461 e. The number of ether oxygens (including phenoxy) is 1. The molecule has 0 saturated carbocycles. The van der Waals surface area contributed by atoms with Crippen molar-refractivity contribution in [3.05, 3.63) is 22.6 Å². The van der Waals surface area contributed by atoms with E-state index >= 15 is 0 Å². The molecule has 0 unspecified atom stereocenters. The lowest BCUT2D eigenvalue weighted by molar-refractivity contribution is 0.0519. The number of carbonyl (C=O) groups excluding carboxylic acids is 1. The standard InChI is InChI=1S/C11H12ClN3O2S/c1-4-17-10(16)9-6(2)15-8(14-9)5-7(12)13-11(15)18-3/h5H,4H2,1-3H3. The van der Waals surface area contributed by atoms with Gasteiger partial charge in [-0.3, -0.25) is 4.40 Å². The Labute approximate surface area is 114 Å². The molecule has 2 aromatic heterocycles. The molecule has 18 heavy (non-hydrogen) atoms. The number of thioether (sulfide) groups is 1. The first-order valence-corrected chi connectivity index (χ1v) is 6.95. The van der Waals surface area contributed by atoms with Crippen molar-refractivity contribution in [2.75, 3.05) is 12.9 Å². The Bertz CT molecular complexity index is 612. The Kier molecular flexibility index (Phi) is 3.77. The lowest BCUT2D eigenvalue weighted by Gasteiger charge is -2.03. The third-order valence-electron chi connectivity index (χ3n) is 2.43. The number of hydrogen-bond acceptors (Lipinski definition) is 5. The molecule has 0 atom stereocenters. The number of carbonyl (C=O) groups is 1. The van der Waals surface area contributed by atoms with E-state index in [0.717, 1.165) is 0 Å². The van der Waals surface area contributed by atoms with Crippen molar-refractivity contribution in [1.29, 1.82) is 0 Å². The zero-order valence-electron chi connectivity index (χ0n) is 10.2. The van der Waals surface area contributed by atoms with Crippen molar-refractivity contribution in [2.24, 2.45) is 0 Å². The quantitative estimate of drug-likeness (QED) is 0.375. The second-order valence-electron chi connectivity index (χ2n) is 3.53. The predicted octanol–water partition coefficient (Wildman–Crippen LogP) is 2.59. The Hall–Kier alpha value is -1.27. The molecule has 0 N–H and O–H groups in total. The molecule has 0 aromatic carbocycles. The molecule has 0 amide bonds. The molecular formula is C11H12ClN3O2S. The van der Waals surface area contributed by atoms with E-state index in [0.29, 0.717) is 34.0 Å².